The molecular formula is C23H23N3O5S. The third kappa shape index (κ3) is 3.61. The number of thiophene rings is 1. The van der Waals surface area contributed by atoms with Gasteiger partial charge in [0, 0.05) is 31.6 Å². The Morgan fingerprint density at radius 1 is 1.16 bits per heavy atom. The normalized spacial score (nSPS) is 16.7. The van der Waals surface area contributed by atoms with Gasteiger partial charge in [-0.15, -0.1) is 11.3 Å². The molecule has 0 bridgehead atoms. The molecule has 5 rings (SSSR count). The van der Waals surface area contributed by atoms with Crippen LogP contribution in [0.15, 0.2) is 35.1 Å². The lowest BCUT2D eigenvalue weighted by atomic mass is 10.1. The van der Waals surface area contributed by atoms with Crippen molar-refractivity contribution in [2.75, 3.05) is 26.3 Å². The Labute approximate surface area is 188 Å². The quantitative estimate of drug-likeness (QED) is 0.564. The van der Waals surface area contributed by atoms with Crippen LogP contribution in [0.4, 0.5) is 0 Å². The van der Waals surface area contributed by atoms with Gasteiger partial charge in [0.2, 0.25) is 6.10 Å². The summed E-state index contributed by atoms with van der Waals surface area (Å²) >= 11 is 1.15. The number of hydrogen-bond donors (Lipinski definition) is 0. The minimum atomic E-state index is -1.06. The minimum absolute atomic E-state index is 0.112. The topological polar surface area (TPSA) is 90.7 Å². The molecule has 0 aliphatic carbocycles. The van der Waals surface area contributed by atoms with Gasteiger partial charge in [0.05, 0.1) is 18.6 Å². The summed E-state index contributed by atoms with van der Waals surface area (Å²) in [5.41, 5.74) is 1.05. The van der Waals surface area contributed by atoms with E-state index in [4.69, 9.17) is 9.47 Å². The number of rotatable bonds is 4. The van der Waals surface area contributed by atoms with Crippen molar-refractivity contribution in [3.05, 3.63) is 62.5 Å². The lowest BCUT2D eigenvalue weighted by Crippen LogP contribution is -2.44. The van der Waals surface area contributed by atoms with Gasteiger partial charge in [0.15, 0.2) is 0 Å². The second kappa shape index (κ2) is 8.48. The van der Waals surface area contributed by atoms with Gasteiger partial charge in [-0.2, -0.15) is 0 Å². The smallest absolute Gasteiger partial charge is 0.349 e. The molecule has 1 unspecified atom stereocenters. The van der Waals surface area contributed by atoms with E-state index in [-0.39, 0.29) is 11.5 Å². The van der Waals surface area contributed by atoms with Crippen molar-refractivity contribution in [1.29, 1.82) is 0 Å². The van der Waals surface area contributed by atoms with Crippen molar-refractivity contribution < 1.29 is 19.1 Å². The van der Waals surface area contributed by atoms with Crippen LogP contribution in [0, 0.1) is 6.92 Å². The van der Waals surface area contributed by atoms with E-state index in [1.807, 2.05) is 6.07 Å². The highest BCUT2D eigenvalue weighted by atomic mass is 32.1. The summed E-state index contributed by atoms with van der Waals surface area (Å²) in [4.78, 5) is 46.5. The zero-order chi connectivity index (χ0) is 22.2. The third-order valence-corrected chi connectivity index (χ3v) is 7.14. The molecule has 0 spiro atoms. The van der Waals surface area contributed by atoms with Gasteiger partial charge < -0.3 is 14.4 Å². The maximum atomic E-state index is 13.2. The molecule has 9 heteroatoms. The van der Waals surface area contributed by atoms with E-state index in [0.29, 0.717) is 59.1 Å². The summed E-state index contributed by atoms with van der Waals surface area (Å²) in [6.07, 6.45) is 0.590. The Kier molecular flexibility index (Phi) is 5.52. The van der Waals surface area contributed by atoms with Crippen LogP contribution < -0.4 is 5.56 Å². The van der Waals surface area contributed by atoms with E-state index in [2.05, 4.69) is 4.98 Å². The molecule has 4 heterocycles. The Hall–Kier alpha value is -3.04. The number of fused-ring (bicyclic) bond motifs is 2. The number of amides is 1. The number of benzene rings is 1. The van der Waals surface area contributed by atoms with Crippen molar-refractivity contribution in [3.8, 4) is 0 Å². The maximum Gasteiger partial charge on any atom is 0.349 e. The highest BCUT2D eigenvalue weighted by molar-refractivity contribution is 7.20. The fourth-order valence-electron chi connectivity index (χ4n) is 4.27. The SMILES string of the molecule is Cc1c(C(=O)OC(C(=O)N2CCOCC2)c2ccccc2)sc2nc3n(c(=O)c12)CCC3. The molecule has 1 aromatic carbocycles. The molecule has 1 amide bonds. The highest BCUT2D eigenvalue weighted by Gasteiger charge is 2.32. The van der Waals surface area contributed by atoms with E-state index in [1.165, 1.54) is 0 Å². The van der Waals surface area contributed by atoms with Crippen LogP contribution in [0.25, 0.3) is 10.2 Å². The Morgan fingerprint density at radius 3 is 2.66 bits per heavy atom. The van der Waals surface area contributed by atoms with Crippen molar-refractivity contribution in [1.82, 2.24) is 14.5 Å². The number of aryl methyl sites for hydroxylation is 2. The van der Waals surface area contributed by atoms with E-state index in [9.17, 15) is 14.4 Å². The predicted molar refractivity (Wildman–Crippen MR) is 119 cm³/mol. The first-order valence-electron chi connectivity index (χ1n) is 10.7. The first-order chi connectivity index (χ1) is 15.5. The van der Waals surface area contributed by atoms with Gasteiger partial charge in [-0.3, -0.25) is 14.2 Å². The average molecular weight is 454 g/mol. The lowest BCUT2D eigenvalue weighted by Gasteiger charge is -2.30. The first-order valence-corrected chi connectivity index (χ1v) is 11.5. The van der Waals surface area contributed by atoms with E-state index < -0.39 is 12.1 Å². The van der Waals surface area contributed by atoms with Gasteiger partial charge in [-0.1, -0.05) is 30.3 Å². The molecule has 32 heavy (non-hydrogen) atoms. The monoisotopic (exact) mass is 453 g/mol. The fraction of sp³-hybridized carbons (Fsp3) is 0.391. The molecule has 1 fully saturated rings. The standard InChI is InChI=1S/C23H23N3O5S/c1-14-17-20(24-16-8-5-9-26(16)21(17)27)32-19(14)23(29)31-18(15-6-3-2-4-7-15)22(28)25-10-12-30-13-11-25/h2-4,6-7,18H,5,8-13H2,1H3. The number of carbonyl (C=O) groups is 2. The lowest BCUT2D eigenvalue weighted by molar-refractivity contribution is -0.145. The number of ether oxygens (including phenoxy) is 2. The molecule has 166 valence electrons. The van der Waals surface area contributed by atoms with E-state index >= 15 is 0 Å². The van der Waals surface area contributed by atoms with Crippen LogP contribution in [0.3, 0.4) is 0 Å². The number of carbonyl (C=O) groups excluding carboxylic acids is 2. The van der Waals surface area contributed by atoms with Crippen molar-refractivity contribution >= 4 is 33.4 Å². The number of esters is 1. The van der Waals surface area contributed by atoms with Crippen molar-refractivity contribution in [2.45, 2.75) is 32.4 Å². The molecule has 3 aromatic rings. The van der Waals surface area contributed by atoms with Crippen molar-refractivity contribution in [3.63, 3.8) is 0 Å². The molecule has 2 aromatic heterocycles. The summed E-state index contributed by atoms with van der Waals surface area (Å²) in [6, 6.07) is 8.99. The zero-order valence-electron chi connectivity index (χ0n) is 17.7. The molecule has 8 nitrogen and oxygen atoms in total. The number of nitrogens with zero attached hydrogens (tertiary/aromatic N) is 3. The van der Waals surface area contributed by atoms with Gasteiger partial charge in [0.1, 0.15) is 15.5 Å². The molecule has 2 aliphatic rings. The number of aromatic nitrogens is 2. The second-order valence-electron chi connectivity index (χ2n) is 7.96. The Morgan fingerprint density at radius 2 is 1.91 bits per heavy atom. The highest BCUT2D eigenvalue weighted by Crippen LogP contribution is 2.31. The molecule has 1 atom stereocenters. The average Bonchev–Trinajstić information content (AvgIpc) is 3.43. The van der Waals surface area contributed by atoms with Crippen LogP contribution in [-0.2, 0) is 27.2 Å². The fourth-order valence-corrected chi connectivity index (χ4v) is 5.34. The summed E-state index contributed by atoms with van der Waals surface area (Å²) in [6.45, 7) is 4.20. The predicted octanol–water partition coefficient (Wildman–Crippen LogP) is 2.47. The van der Waals surface area contributed by atoms with Crippen LogP contribution in [-0.4, -0.2) is 52.6 Å². The Balaban J connectivity index is 1.49. The molecule has 0 radical (unpaired) electrons. The minimum Gasteiger partial charge on any atom is -0.443 e. The zero-order valence-corrected chi connectivity index (χ0v) is 18.5. The van der Waals surface area contributed by atoms with Crippen LogP contribution >= 0.6 is 11.3 Å². The second-order valence-corrected chi connectivity index (χ2v) is 8.96. The Bertz CT molecular complexity index is 1240. The summed E-state index contributed by atoms with van der Waals surface area (Å²) in [5.74, 6) is -0.136. The van der Waals surface area contributed by atoms with E-state index in [1.54, 1.807) is 40.7 Å². The molecule has 0 N–H and O–H groups in total. The summed E-state index contributed by atoms with van der Waals surface area (Å²) < 4.78 is 12.8. The number of hydrogen-bond acceptors (Lipinski definition) is 7. The molecular weight excluding hydrogens is 430 g/mol. The molecule has 2 aliphatic heterocycles. The van der Waals surface area contributed by atoms with Gasteiger partial charge >= 0.3 is 5.97 Å². The van der Waals surface area contributed by atoms with Crippen molar-refractivity contribution in [2.24, 2.45) is 0 Å². The first kappa shape index (κ1) is 20.8. The largest absolute Gasteiger partial charge is 0.443 e. The van der Waals surface area contributed by atoms with Gasteiger partial charge in [-0.05, 0) is 18.9 Å². The maximum absolute atomic E-state index is 13.2. The van der Waals surface area contributed by atoms with Gasteiger partial charge in [-0.25, -0.2) is 9.78 Å². The van der Waals surface area contributed by atoms with Crippen LogP contribution in [0.1, 0.15) is 39.1 Å². The van der Waals surface area contributed by atoms with E-state index in [0.717, 1.165) is 30.0 Å². The number of morpholine rings is 1. The third-order valence-electron chi connectivity index (χ3n) is 5.97. The summed E-state index contributed by atoms with van der Waals surface area (Å²) in [5, 5.41) is 0.461. The summed E-state index contributed by atoms with van der Waals surface area (Å²) in [7, 11) is 0. The van der Waals surface area contributed by atoms with Crippen LogP contribution in [0.5, 0.6) is 0 Å². The van der Waals surface area contributed by atoms with Gasteiger partial charge in [0.25, 0.3) is 11.5 Å². The molecule has 0 saturated carbocycles. The van der Waals surface area contributed by atoms with Crippen LogP contribution in [0.2, 0.25) is 0 Å². The molecule has 1 saturated heterocycles.